The molecule has 0 amide bonds. The molecular weight excluding hydrogens is 224 g/mol. The van der Waals surface area contributed by atoms with Crippen molar-refractivity contribution in [2.45, 2.75) is 6.54 Å². The maximum atomic E-state index is 9.13. The summed E-state index contributed by atoms with van der Waals surface area (Å²) in [6, 6.07) is 10.7. The van der Waals surface area contributed by atoms with Gasteiger partial charge in [0.1, 0.15) is 10.9 Å². The number of anilines is 1. The second-order valence-corrected chi connectivity index (χ2v) is 3.77. The SMILES string of the molecule is Oc1ccc(CNc2ccnc(Cl)c2)cc1. The number of rotatable bonds is 3. The summed E-state index contributed by atoms with van der Waals surface area (Å²) < 4.78 is 0. The third-order valence-electron chi connectivity index (χ3n) is 2.16. The highest BCUT2D eigenvalue weighted by molar-refractivity contribution is 6.29. The highest BCUT2D eigenvalue weighted by Crippen LogP contribution is 2.14. The highest BCUT2D eigenvalue weighted by atomic mass is 35.5. The zero-order chi connectivity index (χ0) is 11.4. The number of aromatic hydroxyl groups is 1. The molecule has 2 N–H and O–H groups in total. The molecule has 0 saturated heterocycles. The van der Waals surface area contributed by atoms with Crippen molar-refractivity contribution in [3.8, 4) is 5.75 Å². The van der Waals surface area contributed by atoms with E-state index in [-0.39, 0.29) is 5.75 Å². The topological polar surface area (TPSA) is 45.1 Å². The fourth-order valence-electron chi connectivity index (χ4n) is 1.33. The van der Waals surface area contributed by atoms with E-state index in [0.29, 0.717) is 11.7 Å². The van der Waals surface area contributed by atoms with Crippen molar-refractivity contribution >= 4 is 17.3 Å². The van der Waals surface area contributed by atoms with E-state index in [4.69, 9.17) is 16.7 Å². The summed E-state index contributed by atoms with van der Waals surface area (Å²) in [6.45, 7) is 0.681. The Kier molecular flexibility index (Phi) is 3.27. The van der Waals surface area contributed by atoms with Gasteiger partial charge in [-0.15, -0.1) is 0 Å². The smallest absolute Gasteiger partial charge is 0.131 e. The first-order valence-corrected chi connectivity index (χ1v) is 5.25. The van der Waals surface area contributed by atoms with Crippen LogP contribution in [-0.2, 0) is 6.54 Å². The van der Waals surface area contributed by atoms with Crippen molar-refractivity contribution in [3.05, 3.63) is 53.3 Å². The number of hydrogen-bond donors (Lipinski definition) is 2. The minimum atomic E-state index is 0.274. The Bertz CT molecular complexity index is 471. The molecule has 0 bridgehead atoms. The van der Waals surface area contributed by atoms with Gasteiger partial charge in [-0.25, -0.2) is 4.98 Å². The molecule has 1 aromatic heterocycles. The van der Waals surface area contributed by atoms with E-state index in [1.165, 1.54) is 0 Å². The average molecular weight is 235 g/mol. The monoisotopic (exact) mass is 234 g/mol. The average Bonchev–Trinajstić information content (AvgIpc) is 2.28. The summed E-state index contributed by atoms with van der Waals surface area (Å²) in [5.74, 6) is 0.274. The summed E-state index contributed by atoms with van der Waals surface area (Å²) >= 11 is 5.76. The summed E-state index contributed by atoms with van der Waals surface area (Å²) in [6.07, 6.45) is 1.65. The van der Waals surface area contributed by atoms with Gasteiger partial charge in [0.15, 0.2) is 0 Å². The van der Waals surface area contributed by atoms with Crippen LogP contribution in [0.25, 0.3) is 0 Å². The number of hydrogen-bond acceptors (Lipinski definition) is 3. The number of phenolic OH excluding ortho intramolecular Hbond substituents is 1. The molecule has 0 aliphatic heterocycles. The van der Waals surface area contributed by atoms with Gasteiger partial charge in [-0.05, 0) is 29.8 Å². The maximum Gasteiger partial charge on any atom is 0.131 e. The number of pyridine rings is 1. The molecule has 1 aromatic carbocycles. The molecule has 0 spiro atoms. The minimum absolute atomic E-state index is 0.274. The zero-order valence-corrected chi connectivity index (χ0v) is 9.28. The van der Waals surface area contributed by atoms with Crippen molar-refractivity contribution in [2.75, 3.05) is 5.32 Å². The van der Waals surface area contributed by atoms with Crippen molar-refractivity contribution in [3.63, 3.8) is 0 Å². The maximum absolute atomic E-state index is 9.13. The van der Waals surface area contributed by atoms with Crippen LogP contribution in [0.5, 0.6) is 5.75 Å². The fourth-order valence-corrected chi connectivity index (χ4v) is 1.50. The lowest BCUT2D eigenvalue weighted by Gasteiger charge is -2.06. The zero-order valence-electron chi connectivity index (χ0n) is 8.52. The van der Waals surface area contributed by atoms with Crippen LogP contribution in [0.2, 0.25) is 5.15 Å². The standard InChI is InChI=1S/C12H11ClN2O/c13-12-7-10(5-6-14-12)15-8-9-1-3-11(16)4-2-9/h1-7,16H,8H2,(H,14,15). The van der Waals surface area contributed by atoms with Crippen molar-refractivity contribution in [1.29, 1.82) is 0 Å². The van der Waals surface area contributed by atoms with Crippen LogP contribution in [0, 0.1) is 0 Å². The summed E-state index contributed by atoms with van der Waals surface area (Å²) in [4.78, 5) is 3.90. The molecule has 82 valence electrons. The number of benzene rings is 1. The van der Waals surface area contributed by atoms with E-state index in [1.54, 1.807) is 24.4 Å². The molecule has 0 aliphatic rings. The van der Waals surface area contributed by atoms with Crippen LogP contribution in [0.1, 0.15) is 5.56 Å². The van der Waals surface area contributed by atoms with E-state index >= 15 is 0 Å². The van der Waals surface area contributed by atoms with Crippen LogP contribution in [0.4, 0.5) is 5.69 Å². The minimum Gasteiger partial charge on any atom is -0.508 e. The first kappa shape index (κ1) is 10.8. The number of aromatic nitrogens is 1. The van der Waals surface area contributed by atoms with Crippen LogP contribution in [-0.4, -0.2) is 10.1 Å². The molecule has 0 aliphatic carbocycles. The lowest BCUT2D eigenvalue weighted by molar-refractivity contribution is 0.475. The Labute approximate surface area is 98.7 Å². The third kappa shape index (κ3) is 2.87. The lowest BCUT2D eigenvalue weighted by Crippen LogP contribution is -1.99. The second kappa shape index (κ2) is 4.86. The van der Waals surface area contributed by atoms with Crippen LogP contribution >= 0.6 is 11.6 Å². The van der Waals surface area contributed by atoms with Gasteiger partial charge in [0.05, 0.1) is 0 Å². The molecule has 2 aromatic rings. The lowest BCUT2D eigenvalue weighted by atomic mass is 10.2. The predicted molar refractivity (Wildman–Crippen MR) is 64.7 cm³/mol. The van der Waals surface area contributed by atoms with Gasteiger partial charge in [-0.1, -0.05) is 23.7 Å². The Morgan fingerprint density at radius 2 is 1.94 bits per heavy atom. The molecule has 0 atom stereocenters. The largest absolute Gasteiger partial charge is 0.508 e. The van der Waals surface area contributed by atoms with Crippen molar-refractivity contribution < 1.29 is 5.11 Å². The van der Waals surface area contributed by atoms with Gasteiger partial charge >= 0.3 is 0 Å². The molecule has 4 heteroatoms. The van der Waals surface area contributed by atoms with Crippen LogP contribution < -0.4 is 5.32 Å². The van der Waals surface area contributed by atoms with Crippen LogP contribution in [0.15, 0.2) is 42.6 Å². The molecule has 2 rings (SSSR count). The molecule has 0 saturated carbocycles. The number of halogens is 1. The summed E-state index contributed by atoms with van der Waals surface area (Å²) in [7, 11) is 0. The van der Waals surface area contributed by atoms with Crippen molar-refractivity contribution in [1.82, 2.24) is 4.98 Å². The van der Waals surface area contributed by atoms with Gasteiger partial charge in [-0.2, -0.15) is 0 Å². The van der Waals surface area contributed by atoms with E-state index < -0.39 is 0 Å². The van der Waals surface area contributed by atoms with E-state index in [1.807, 2.05) is 18.2 Å². The Hall–Kier alpha value is -1.74. The molecule has 0 fully saturated rings. The highest BCUT2D eigenvalue weighted by Gasteiger charge is 1.96. The molecule has 0 radical (unpaired) electrons. The van der Waals surface area contributed by atoms with E-state index in [9.17, 15) is 0 Å². The number of phenols is 1. The van der Waals surface area contributed by atoms with Gasteiger partial charge in [-0.3, -0.25) is 0 Å². The second-order valence-electron chi connectivity index (χ2n) is 3.39. The van der Waals surface area contributed by atoms with Crippen LogP contribution in [0.3, 0.4) is 0 Å². The van der Waals surface area contributed by atoms with Crippen molar-refractivity contribution in [2.24, 2.45) is 0 Å². The Balaban J connectivity index is 1.99. The summed E-state index contributed by atoms with van der Waals surface area (Å²) in [5.41, 5.74) is 2.01. The molecule has 1 heterocycles. The quantitative estimate of drug-likeness (QED) is 0.803. The van der Waals surface area contributed by atoms with E-state index in [0.717, 1.165) is 11.3 Å². The summed E-state index contributed by atoms with van der Waals surface area (Å²) in [5, 5.41) is 12.8. The molecular formula is C12H11ClN2O. The van der Waals surface area contributed by atoms with Gasteiger partial charge in [0, 0.05) is 18.4 Å². The molecule has 3 nitrogen and oxygen atoms in total. The third-order valence-corrected chi connectivity index (χ3v) is 2.37. The molecule has 0 unspecified atom stereocenters. The van der Waals surface area contributed by atoms with Gasteiger partial charge in [0.2, 0.25) is 0 Å². The first-order chi connectivity index (χ1) is 7.74. The van der Waals surface area contributed by atoms with E-state index in [2.05, 4.69) is 10.3 Å². The number of nitrogens with one attached hydrogen (secondary N) is 1. The van der Waals surface area contributed by atoms with Gasteiger partial charge < -0.3 is 10.4 Å². The first-order valence-electron chi connectivity index (χ1n) is 4.87. The Morgan fingerprint density at radius 3 is 2.62 bits per heavy atom. The van der Waals surface area contributed by atoms with Gasteiger partial charge in [0.25, 0.3) is 0 Å². The normalized spacial score (nSPS) is 10.1. The Morgan fingerprint density at radius 1 is 1.19 bits per heavy atom. The number of nitrogens with zero attached hydrogens (tertiary/aromatic N) is 1. The molecule has 16 heavy (non-hydrogen) atoms. The predicted octanol–water partition coefficient (Wildman–Crippen LogP) is 3.05. The fraction of sp³-hybridized carbons (Fsp3) is 0.0833.